The van der Waals surface area contributed by atoms with E-state index in [2.05, 4.69) is 62.0 Å². The van der Waals surface area contributed by atoms with Crippen LogP contribution >= 0.6 is 31.9 Å². The Bertz CT molecular complexity index is 428. The number of nitrogens with two attached hydrogens (primary N) is 1. The first-order chi connectivity index (χ1) is 9.63. The lowest BCUT2D eigenvalue weighted by molar-refractivity contribution is 0.161. The first kappa shape index (κ1) is 16.5. The normalized spacial score (nSPS) is 19.1. The predicted molar refractivity (Wildman–Crippen MR) is 92.9 cm³/mol. The molecule has 0 heterocycles. The number of hydrogen-bond donors (Lipinski definition) is 1. The summed E-state index contributed by atoms with van der Waals surface area (Å²) in [6.07, 6.45) is 8.12. The minimum absolute atomic E-state index is 0.308. The zero-order chi connectivity index (χ0) is 14.5. The number of hydrogen-bond acceptors (Lipinski definition) is 2. The molecule has 0 aliphatic heterocycles. The Morgan fingerprint density at radius 2 is 1.80 bits per heavy atom. The summed E-state index contributed by atoms with van der Waals surface area (Å²) in [7, 11) is 2.24. The van der Waals surface area contributed by atoms with Gasteiger partial charge in [-0.15, -0.1) is 0 Å². The predicted octanol–water partition coefficient (Wildman–Crippen LogP) is 4.87. The van der Waals surface area contributed by atoms with E-state index in [-0.39, 0.29) is 0 Å². The number of nitrogens with zero attached hydrogens (tertiary/aromatic N) is 1. The third kappa shape index (κ3) is 4.06. The molecule has 0 aromatic heterocycles. The van der Waals surface area contributed by atoms with Crippen LogP contribution in [-0.4, -0.2) is 24.5 Å². The van der Waals surface area contributed by atoms with Crippen molar-refractivity contribution in [3.8, 4) is 0 Å². The third-order valence-electron chi connectivity index (χ3n) is 4.44. The van der Waals surface area contributed by atoms with E-state index in [0.717, 1.165) is 8.95 Å². The molecule has 4 heteroatoms. The molecule has 1 aliphatic rings. The van der Waals surface area contributed by atoms with Crippen LogP contribution in [0.15, 0.2) is 27.1 Å². The third-order valence-corrected chi connectivity index (χ3v) is 6.32. The summed E-state index contributed by atoms with van der Waals surface area (Å²) < 4.78 is 2.19. The number of benzene rings is 1. The van der Waals surface area contributed by atoms with Gasteiger partial charge in [0.05, 0.1) is 0 Å². The van der Waals surface area contributed by atoms with Crippen LogP contribution in [0, 0.1) is 0 Å². The highest BCUT2D eigenvalue weighted by Gasteiger charge is 2.24. The van der Waals surface area contributed by atoms with Gasteiger partial charge in [0.1, 0.15) is 0 Å². The van der Waals surface area contributed by atoms with Gasteiger partial charge >= 0.3 is 0 Å². The Morgan fingerprint density at radius 1 is 1.15 bits per heavy atom. The molecule has 1 aliphatic carbocycles. The molecule has 0 radical (unpaired) electrons. The zero-order valence-electron chi connectivity index (χ0n) is 12.1. The van der Waals surface area contributed by atoms with Crippen molar-refractivity contribution in [2.45, 2.75) is 50.6 Å². The summed E-state index contributed by atoms with van der Waals surface area (Å²) in [5.74, 6) is 0. The van der Waals surface area contributed by atoms with Crippen LogP contribution in [0.5, 0.6) is 0 Å². The van der Waals surface area contributed by atoms with Crippen LogP contribution in [0.4, 0.5) is 0 Å². The molecule has 2 N–H and O–H groups in total. The van der Waals surface area contributed by atoms with E-state index in [1.54, 1.807) is 0 Å². The smallest absolute Gasteiger partial charge is 0.0470 e. The van der Waals surface area contributed by atoms with E-state index < -0.39 is 0 Å². The van der Waals surface area contributed by atoms with Crippen LogP contribution in [0.25, 0.3) is 0 Å². The van der Waals surface area contributed by atoms with Crippen molar-refractivity contribution in [1.82, 2.24) is 4.90 Å². The van der Waals surface area contributed by atoms with Crippen molar-refractivity contribution in [3.63, 3.8) is 0 Å². The maximum atomic E-state index is 6.07. The summed E-state index contributed by atoms with van der Waals surface area (Å²) in [5.41, 5.74) is 7.37. The zero-order valence-corrected chi connectivity index (χ0v) is 15.3. The van der Waals surface area contributed by atoms with Gasteiger partial charge < -0.3 is 5.73 Å². The Hall–Kier alpha value is 0.1000. The molecule has 0 bridgehead atoms. The van der Waals surface area contributed by atoms with Crippen LogP contribution in [-0.2, 0) is 0 Å². The average molecular weight is 404 g/mol. The summed E-state index contributed by atoms with van der Waals surface area (Å²) in [6.45, 7) is 0.668. The van der Waals surface area contributed by atoms with Crippen molar-refractivity contribution in [2.75, 3.05) is 13.6 Å². The fourth-order valence-electron chi connectivity index (χ4n) is 3.18. The fourth-order valence-corrected chi connectivity index (χ4v) is 3.82. The van der Waals surface area contributed by atoms with Crippen molar-refractivity contribution >= 4 is 31.9 Å². The van der Waals surface area contributed by atoms with E-state index >= 15 is 0 Å². The highest BCUT2D eigenvalue weighted by atomic mass is 79.9. The highest BCUT2D eigenvalue weighted by molar-refractivity contribution is 9.13. The molecule has 2 rings (SSSR count). The van der Waals surface area contributed by atoms with Gasteiger partial charge in [0.25, 0.3) is 0 Å². The molecule has 0 amide bonds. The first-order valence-electron chi connectivity index (χ1n) is 7.50. The van der Waals surface area contributed by atoms with E-state index in [4.69, 9.17) is 5.73 Å². The second kappa shape index (κ2) is 7.92. The van der Waals surface area contributed by atoms with E-state index in [0.29, 0.717) is 18.6 Å². The Labute approximate surface area is 139 Å². The van der Waals surface area contributed by atoms with Gasteiger partial charge in [0, 0.05) is 27.6 Å². The Kier molecular flexibility index (Phi) is 6.53. The largest absolute Gasteiger partial charge is 0.329 e. The van der Waals surface area contributed by atoms with Crippen molar-refractivity contribution in [1.29, 1.82) is 0 Å². The second-order valence-electron chi connectivity index (χ2n) is 5.74. The molecule has 1 atom stereocenters. The maximum Gasteiger partial charge on any atom is 0.0470 e. The van der Waals surface area contributed by atoms with Crippen molar-refractivity contribution in [2.24, 2.45) is 5.73 Å². The Morgan fingerprint density at radius 3 is 2.35 bits per heavy atom. The van der Waals surface area contributed by atoms with Gasteiger partial charge in [0.15, 0.2) is 0 Å². The molecular formula is C16H24Br2N2. The second-order valence-corrected chi connectivity index (χ2v) is 7.44. The van der Waals surface area contributed by atoms with Gasteiger partial charge in [-0.2, -0.15) is 0 Å². The molecule has 0 spiro atoms. The molecule has 20 heavy (non-hydrogen) atoms. The lowest BCUT2D eigenvalue weighted by atomic mass is 10.0. The van der Waals surface area contributed by atoms with Crippen molar-refractivity contribution < 1.29 is 0 Å². The number of likely N-dealkylation sites (N-methyl/N-ethyl adjacent to an activating group) is 1. The number of rotatable bonds is 4. The van der Waals surface area contributed by atoms with Gasteiger partial charge in [-0.1, -0.05) is 31.7 Å². The average Bonchev–Trinajstić information content (AvgIpc) is 2.72. The quantitative estimate of drug-likeness (QED) is 0.726. The van der Waals surface area contributed by atoms with E-state index in [9.17, 15) is 0 Å². The van der Waals surface area contributed by atoms with Crippen LogP contribution < -0.4 is 5.73 Å². The number of halogens is 2. The lowest BCUT2D eigenvalue weighted by Gasteiger charge is -2.34. The van der Waals surface area contributed by atoms with Crippen LogP contribution in [0.2, 0.25) is 0 Å². The molecule has 1 unspecified atom stereocenters. The fraction of sp³-hybridized carbons (Fsp3) is 0.625. The topological polar surface area (TPSA) is 29.3 Å². The molecule has 1 fully saturated rings. The van der Waals surface area contributed by atoms with Gasteiger partial charge in [-0.05, 0) is 69.4 Å². The van der Waals surface area contributed by atoms with Gasteiger partial charge in [0.2, 0.25) is 0 Å². The molecular weight excluding hydrogens is 380 g/mol. The van der Waals surface area contributed by atoms with Crippen LogP contribution in [0.1, 0.15) is 50.1 Å². The van der Waals surface area contributed by atoms with Crippen LogP contribution in [0.3, 0.4) is 0 Å². The van der Waals surface area contributed by atoms with E-state index in [1.165, 1.54) is 44.1 Å². The lowest BCUT2D eigenvalue weighted by Crippen LogP contribution is -2.38. The first-order valence-corrected chi connectivity index (χ1v) is 9.09. The SMILES string of the molecule is CN(C1CCCCCC1)C(CN)c1ccc(Br)c(Br)c1. The summed E-state index contributed by atoms with van der Waals surface area (Å²) in [5, 5.41) is 0. The Balaban J connectivity index is 2.15. The molecule has 1 saturated carbocycles. The summed E-state index contributed by atoms with van der Waals surface area (Å²) in [6, 6.07) is 7.45. The monoisotopic (exact) mass is 402 g/mol. The molecule has 0 saturated heterocycles. The van der Waals surface area contributed by atoms with Gasteiger partial charge in [-0.3, -0.25) is 4.90 Å². The standard InChI is InChI=1S/C16H24Br2N2/c1-20(13-6-4-2-3-5-7-13)16(11-19)12-8-9-14(17)15(18)10-12/h8-10,13,16H,2-7,11,19H2,1H3. The summed E-state index contributed by atoms with van der Waals surface area (Å²) in [4.78, 5) is 2.50. The molecule has 112 valence electrons. The maximum absolute atomic E-state index is 6.07. The molecule has 1 aromatic rings. The van der Waals surface area contributed by atoms with E-state index in [1.807, 2.05) is 0 Å². The highest BCUT2D eigenvalue weighted by Crippen LogP contribution is 2.31. The molecule has 2 nitrogen and oxygen atoms in total. The minimum Gasteiger partial charge on any atom is -0.329 e. The van der Waals surface area contributed by atoms with Gasteiger partial charge in [-0.25, -0.2) is 0 Å². The minimum atomic E-state index is 0.308. The summed E-state index contributed by atoms with van der Waals surface area (Å²) >= 11 is 7.13. The van der Waals surface area contributed by atoms with Crippen molar-refractivity contribution in [3.05, 3.63) is 32.7 Å². The molecule has 1 aromatic carbocycles.